The summed E-state index contributed by atoms with van der Waals surface area (Å²) >= 11 is 0.514. The van der Waals surface area contributed by atoms with E-state index in [2.05, 4.69) is 4.72 Å². The molecule has 0 bridgehead atoms. The lowest BCUT2D eigenvalue weighted by Crippen LogP contribution is -2.42. The summed E-state index contributed by atoms with van der Waals surface area (Å²) in [5.74, 6) is 0.620. The second-order valence-electron chi connectivity index (χ2n) is 6.67. The van der Waals surface area contributed by atoms with E-state index in [0.717, 1.165) is 10.4 Å². The summed E-state index contributed by atoms with van der Waals surface area (Å²) in [7, 11) is 0. The predicted molar refractivity (Wildman–Crippen MR) is 91.1 cm³/mol. The van der Waals surface area contributed by atoms with E-state index in [9.17, 15) is 4.55 Å². The Kier molecular flexibility index (Phi) is 5.35. The van der Waals surface area contributed by atoms with Gasteiger partial charge in [-0.3, -0.25) is 5.41 Å². The van der Waals surface area contributed by atoms with E-state index >= 15 is 0 Å². The van der Waals surface area contributed by atoms with Crippen molar-refractivity contribution in [3.8, 4) is 0 Å². The minimum absolute atomic E-state index is 0.0969. The van der Waals surface area contributed by atoms with Crippen LogP contribution in [0, 0.1) is 11.3 Å². The summed E-state index contributed by atoms with van der Waals surface area (Å²) in [5.41, 5.74) is 6.33. The minimum atomic E-state index is -1.09. The summed E-state index contributed by atoms with van der Waals surface area (Å²) < 4.78 is 15.5. The average molecular weight is 328 g/mol. The number of nitrogens with two attached hydrogens (primary N) is 1. The Bertz CT molecular complexity index is 489. The fourth-order valence-electron chi connectivity index (χ4n) is 2.63. The summed E-state index contributed by atoms with van der Waals surface area (Å²) in [6.45, 7) is 5.95. The maximum atomic E-state index is 12.5. The maximum Gasteiger partial charge on any atom is 0.136 e. The first-order valence-corrected chi connectivity index (χ1v) is 9.43. The van der Waals surface area contributed by atoms with Crippen LogP contribution < -0.4 is 10.5 Å². The lowest BCUT2D eigenvalue weighted by atomic mass is 9.97. The topological polar surface area (TPSA) is 85.0 Å². The number of hydrogen-bond acceptors (Lipinski definition) is 4. The number of rotatable bonds is 5. The van der Waals surface area contributed by atoms with Gasteiger partial charge in [-0.05, 0) is 45.6 Å². The van der Waals surface area contributed by atoms with Crippen LogP contribution >= 0.6 is 11.3 Å². The molecule has 1 aliphatic carbocycles. The molecular weight excluding hydrogens is 302 g/mol. The van der Waals surface area contributed by atoms with Crippen molar-refractivity contribution in [1.29, 1.82) is 5.41 Å². The van der Waals surface area contributed by atoms with Crippen LogP contribution in [0.1, 0.15) is 62.9 Å². The Balaban J connectivity index is 2.20. The molecular formula is C15H25N3OS2. The van der Waals surface area contributed by atoms with Gasteiger partial charge in [0.2, 0.25) is 0 Å². The molecule has 1 aromatic rings. The quantitative estimate of drug-likeness (QED) is 0.440. The van der Waals surface area contributed by atoms with E-state index in [1.165, 1.54) is 25.7 Å². The van der Waals surface area contributed by atoms with Gasteiger partial charge in [-0.1, -0.05) is 12.8 Å². The average Bonchev–Trinajstić information content (AvgIpc) is 3.05. The van der Waals surface area contributed by atoms with Crippen LogP contribution in [0.2, 0.25) is 0 Å². The van der Waals surface area contributed by atoms with Crippen molar-refractivity contribution in [2.75, 3.05) is 0 Å². The van der Waals surface area contributed by atoms with E-state index < -0.39 is 11.4 Å². The third-order valence-electron chi connectivity index (χ3n) is 3.90. The molecule has 0 saturated heterocycles. The molecule has 1 heterocycles. The molecule has 118 valence electrons. The summed E-state index contributed by atoms with van der Waals surface area (Å²) in [6.07, 6.45) is 4.84. The Morgan fingerprint density at radius 2 is 2.10 bits per heavy atom. The molecule has 2 rings (SSSR count). The van der Waals surface area contributed by atoms with E-state index in [4.69, 9.17) is 11.1 Å². The molecule has 1 aliphatic rings. The fraction of sp³-hybridized carbons (Fsp3) is 0.667. The molecule has 1 fully saturated rings. The SMILES string of the molecule is CC(C)(C)[S+]([O-])NC(c1cc(C(=N)N)cs1)C1CCCC1. The van der Waals surface area contributed by atoms with Gasteiger partial charge in [0.15, 0.2) is 0 Å². The van der Waals surface area contributed by atoms with Gasteiger partial charge in [0.25, 0.3) is 0 Å². The highest BCUT2D eigenvalue weighted by atomic mass is 32.2. The van der Waals surface area contributed by atoms with Crippen molar-refractivity contribution in [2.24, 2.45) is 11.7 Å². The van der Waals surface area contributed by atoms with Gasteiger partial charge < -0.3 is 10.3 Å². The first-order chi connectivity index (χ1) is 9.79. The van der Waals surface area contributed by atoms with Crippen molar-refractivity contribution in [2.45, 2.75) is 57.2 Å². The maximum absolute atomic E-state index is 12.5. The van der Waals surface area contributed by atoms with Gasteiger partial charge in [0.05, 0.1) is 6.04 Å². The van der Waals surface area contributed by atoms with Crippen molar-refractivity contribution in [1.82, 2.24) is 4.72 Å². The number of amidine groups is 1. The zero-order valence-corrected chi connectivity index (χ0v) is 14.6. The van der Waals surface area contributed by atoms with Gasteiger partial charge in [0, 0.05) is 27.2 Å². The van der Waals surface area contributed by atoms with Crippen LogP contribution in [0.4, 0.5) is 0 Å². The molecule has 6 heteroatoms. The molecule has 2 atom stereocenters. The largest absolute Gasteiger partial charge is 0.598 e. The van der Waals surface area contributed by atoms with E-state index in [-0.39, 0.29) is 16.6 Å². The number of thiophene rings is 1. The Labute approximate surface area is 134 Å². The van der Waals surface area contributed by atoms with Crippen LogP contribution in [-0.4, -0.2) is 15.1 Å². The normalized spacial score (nSPS) is 19.6. The zero-order valence-electron chi connectivity index (χ0n) is 12.9. The molecule has 4 N–H and O–H groups in total. The van der Waals surface area contributed by atoms with Crippen LogP contribution in [0.5, 0.6) is 0 Å². The van der Waals surface area contributed by atoms with Crippen LogP contribution in [0.15, 0.2) is 11.4 Å². The third kappa shape index (κ3) is 4.22. The standard InChI is InChI=1S/C15H25N3OS2/c1-15(2,3)21(19)18-13(10-6-4-5-7-10)12-8-11(9-20-12)14(16)17/h8-10,13,18H,4-7H2,1-3H3,(H3,16,17). The molecule has 0 aliphatic heterocycles. The smallest absolute Gasteiger partial charge is 0.136 e. The molecule has 1 aromatic heterocycles. The zero-order chi connectivity index (χ0) is 15.6. The Hall–Kier alpha value is -0.560. The highest BCUT2D eigenvalue weighted by molar-refractivity contribution is 7.90. The van der Waals surface area contributed by atoms with Gasteiger partial charge >= 0.3 is 0 Å². The molecule has 4 nitrogen and oxygen atoms in total. The molecule has 0 spiro atoms. The molecule has 21 heavy (non-hydrogen) atoms. The molecule has 2 unspecified atom stereocenters. The number of nitrogen functional groups attached to an aromatic ring is 1. The second-order valence-corrected chi connectivity index (χ2v) is 9.61. The van der Waals surface area contributed by atoms with Crippen LogP contribution in [0.3, 0.4) is 0 Å². The minimum Gasteiger partial charge on any atom is -0.598 e. The molecule has 1 saturated carbocycles. The predicted octanol–water partition coefficient (Wildman–Crippen LogP) is 3.32. The van der Waals surface area contributed by atoms with Gasteiger partial charge in [-0.25, -0.2) is 0 Å². The number of hydrogen-bond donors (Lipinski definition) is 3. The molecule has 0 aromatic carbocycles. The van der Waals surface area contributed by atoms with Gasteiger partial charge in [-0.15, -0.1) is 16.1 Å². The van der Waals surface area contributed by atoms with Crippen LogP contribution in [-0.2, 0) is 11.4 Å². The van der Waals surface area contributed by atoms with Gasteiger partial charge in [-0.2, -0.15) is 0 Å². The van der Waals surface area contributed by atoms with Crippen molar-refractivity contribution in [3.63, 3.8) is 0 Å². The Morgan fingerprint density at radius 1 is 1.48 bits per heavy atom. The highest BCUT2D eigenvalue weighted by Crippen LogP contribution is 2.39. The van der Waals surface area contributed by atoms with Crippen molar-refractivity contribution in [3.05, 3.63) is 21.9 Å². The second kappa shape index (κ2) is 6.69. The molecule has 0 radical (unpaired) electrons. The Morgan fingerprint density at radius 3 is 2.57 bits per heavy atom. The third-order valence-corrected chi connectivity index (χ3v) is 6.49. The highest BCUT2D eigenvalue weighted by Gasteiger charge is 2.35. The van der Waals surface area contributed by atoms with E-state index in [1.807, 2.05) is 32.2 Å². The van der Waals surface area contributed by atoms with E-state index in [1.54, 1.807) is 11.3 Å². The van der Waals surface area contributed by atoms with Gasteiger partial charge in [0.1, 0.15) is 10.6 Å². The first kappa shape index (κ1) is 16.8. The van der Waals surface area contributed by atoms with Crippen molar-refractivity contribution < 1.29 is 4.55 Å². The monoisotopic (exact) mass is 327 g/mol. The first-order valence-electron chi connectivity index (χ1n) is 7.40. The van der Waals surface area contributed by atoms with Crippen molar-refractivity contribution >= 4 is 28.5 Å². The van der Waals surface area contributed by atoms with E-state index in [0.29, 0.717) is 5.92 Å². The summed E-state index contributed by atoms with van der Waals surface area (Å²) in [6, 6.07) is 2.08. The lowest BCUT2D eigenvalue weighted by Gasteiger charge is -2.30. The summed E-state index contributed by atoms with van der Waals surface area (Å²) in [4.78, 5) is 1.14. The number of nitrogens with one attached hydrogen (secondary N) is 2. The lowest BCUT2D eigenvalue weighted by molar-refractivity contribution is 0.410. The molecule has 0 amide bonds. The summed E-state index contributed by atoms with van der Waals surface area (Å²) in [5, 5.41) is 9.46. The van der Waals surface area contributed by atoms with Crippen LogP contribution in [0.25, 0.3) is 0 Å². The fourth-order valence-corrected chi connectivity index (χ4v) is 4.66.